The van der Waals surface area contributed by atoms with E-state index in [2.05, 4.69) is 0 Å². The first-order valence-corrected chi connectivity index (χ1v) is 6.28. The molecule has 1 saturated heterocycles. The van der Waals surface area contributed by atoms with Crippen LogP contribution < -0.4 is 0 Å². The number of aliphatic hydroxyl groups excluding tert-OH is 3. The summed E-state index contributed by atoms with van der Waals surface area (Å²) < 4.78 is 5.35. The number of fused-ring (bicyclic) bond motifs is 1. The Bertz CT molecular complexity index is 372. The zero-order valence-electron chi connectivity index (χ0n) is 9.73. The predicted molar refractivity (Wildman–Crippen MR) is 57.5 cm³/mol. The first-order valence-electron chi connectivity index (χ1n) is 6.28. The van der Waals surface area contributed by atoms with Gasteiger partial charge in [0.2, 0.25) is 0 Å². The van der Waals surface area contributed by atoms with E-state index in [-0.39, 0.29) is 18.1 Å². The number of Topliss-reactive ketones (excluding diaryl/α,β-unsaturated/α-hetero) is 2. The second kappa shape index (κ2) is 4.09. The lowest BCUT2D eigenvalue weighted by molar-refractivity contribution is -0.167. The summed E-state index contributed by atoms with van der Waals surface area (Å²) in [6.45, 7) is 0. The molecule has 7 atom stereocenters. The zero-order chi connectivity index (χ0) is 13.0. The minimum Gasteiger partial charge on any atom is -0.387 e. The monoisotopic (exact) mass is 256 g/mol. The van der Waals surface area contributed by atoms with E-state index in [1.54, 1.807) is 0 Å². The van der Waals surface area contributed by atoms with Gasteiger partial charge in [0.05, 0.1) is 18.1 Å². The van der Waals surface area contributed by atoms with Crippen LogP contribution in [0.15, 0.2) is 0 Å². The molecule has 6 nitrogen and oxygen atoms in total. The molecule has 2 saturated carbocycles. The SMILES string of the molecule is O=C1C(C2CCC3OC3C2)C(=O)[C@H](O)[C@@H](O)[C@@H]1O. The van der Waals surface area contributed by atoms with Gasteiger partial charge in [-0.3, -0.25) is 9.59 Å². The summed E-state index contributed by atoms with van der Waals surface area (Å²) in [6, 6.07) is 0. The molecule has 0 amide bonds. The van der Waals surface area contributed by atoms with E-state index in [9.17, 15) is 24.9 Å². The van der Waals surface area contributed by atoms with E-state index in [1.807, 2.05) is 0 Å². The summed E-state index contributed by atoms with van der Waals surface area (Å²) in [5.74, 6) is -2.52. The van der Waals surface area contributed by atoms with Crippen molar-refractivity contribution in [1.29, 1.82) is 0 Å². The molecule has 3 N–H and O–H groups in total. The molecule has 100 valence electrons. The van der Waals surface area contributed by atoms with Gasteiger partial charge in [0.15, 0.2) is 11.6 Å². The molecule has 0 aromatic heterocycles. The fraction of sp³-hybridized carbons (Fsp3) is 0.833. The summed E-state index contributed by atoms with van der Waals surface area (Å²) in [5.41, 5.74) is 0. The molecule has 4 unspecified atom stereocenters. The van der Waals surface area contributed by atoms with E-state index in [0.29, 0.717) is 12.8 Å². The Morgan fingerprint density at radius 1 is 0.944 bits per heavy atom. The number of hydrogen-bond donors (Lipinski definition) is 3. The van der Waals surface area contributed by atoms with Gasteiger partial charge in [-0.1, -0.05) is 0 Å². The van der Waals surface area contributed by atoms with Crippen molar-refractivity contribution in [1.82, 2.24) is 0 Å². The van der Waals surface area contributed by atoms with E-state index in [4.69, 9.17) is 4.74 Å². The summed E-state index contributed by atoms with van der Waals surface area (Å²) in [5, 5.41) is 28.5. The molecule has 0 bridgehead atoms. The van der Waals surface area contributed by atoms with Gasteiger partial charge in [0.25, 0.3) is 0 Å². The smallest absolute Gasteiger partial charge is 0.174 e. The fourth-order valence-corrected chi connectivity index (χ4v) is 3.22. The Balaban J connectivity index is 1.80. The Kier molecular flexibility index (Phi) is 2.78. The maximum atomic E-state index is 11.9. The minimum atomic E-state index is -1.70. The number of carbonyl (C=O) groups excluding carboxylic acids is 2. The Morgan fingerprint density at radius 3 is 2.11 bits per heavy atom. The molecule has 0 spiro atoms. The third kappa shape index (κ3) is 1.72. The molecular formula is C12H16O6. The summed E-state index contributed by atoms with van der Waals surface area (Å²) in [6.07, 6.45) is -2.56. The van der Waals surface area contributed by atoms with Crippen molar-refractivity contribution in [2.24, 2.45) is 11.8 Å². The molecule has 3 rings (SSSR count). The second-order valence-corrected chi connectivity index (χ2v) is 5.45. The van der Waals surface area contributed by atoms with Crippen LogP contribution >= 0.6 is 0 Å². The van der Waals surface area contributed by atoms with Crippen LogP contribution in [0.3, 0.4) is 0 Å². The minimum absolute atomic E-state index is 0.116. The number of epoxide rings is 1. The molecule has 0 aromatic rings. The number of aliphatic hydroxyl groups is 3. The number of carbonyl (C=O) groups is 2. The molecule has 3 aliphatic rings. The molecule has 18 heavy (non-hydrogen) atoms. The molecule has 0 aromatic carbocycles. The highest BCUT2D eigenvalue weighted by molar-refractivity contribution is 6.09. The van der Waals surface area contributed by atoms with E-state index >= 15 is 0 Å². The number of ketones is 2. The van der Waals surface area contributed by atoms with Crippen molar-refractivity contribution >= 4 is 11.6 Å². The van der Waals surface area contributed by atoms with Crippen LogP contribution in [-0.4, -0.2) is 57.4 Å². The van der Waals surface area contributed by atoms with Crippen molar-refractivity contribution in [3.05, 3.63) is 0 Å². The van der Waals surface area contributed by atoms with Crippen molar-refractivity contribution in [2.45, 2.75) is 49.8 Å². The fourth-order valence-electron chi connectivity index (χ4n) is 3.22. The van der Waals surface area contributed by atoms with Crippen molar-refractivity contribution in [3.63, 3.8) is 0 Å². The first-order chi connectivity index (χ1) is 8.50. The van der Waals surface area contributed by atoms with Crippen LogP contribution in [-0.2, 0) is 14.3 Å². The number of ether oxygens (including phenoxy) is 1. The van der Waals surface area contributed by atoms with Crippen LogP contribution in [0, 0.1) is 11.8 Å². The summed E-state index contributed by atoms with van der Waals surface area (Å²) >= 11 is 0. The second-order valence-electron chi connectivity index (χ2n) is 5.45. The van der Waals surface area contributed by atoms with Crippen molar-refractivity contribution in [2.75, 3.05) is 0 Å². The maximum Gasteiger partial charge on any atom is 0.174 e. The quantitative estimate of drug-likeness (QED) is 0.385. The van der Waals surface area contributed by atoms with Gasteiger partial charge in [-0.25, -0.2) is 0 Å². The van der Waals surface area contributed by atoms with Crippen LogP contribution in [0.25, 0.3) is 0 Å². The topological polar surface area (TPSA) is 107 Å². The number of hydrogen-bond acceptors (Lipinski definition) is 6. The first kappa shape index (κ1) is 12.2. The average Bonchev–Trinajstić information content (AvgIpc) is 3.13. The number of rotatable bonds is 1. The van der Waals surface area contributed by atoms with Gasteiger partial charge in [-0.2, -0.15) is 0 Å². The van der Waals surface area contributed by atoms with E-state index in [0.717, 1.165) is 6.42 Å². The highest BCUT2D eigenvalue weighted by Crippen LogP contribution is 2.43. The largest absolute Gasteiger partial charge is 0.387 e. The third-order valence-electron chi connectivity index (χ3n) is 4.36. The molecular weight excluding hydrogens is 240 g/mol. The molecule has 3 fully saturated rings. The lowest BCUT2D eigenvalue weighted by Gasteiger charge is -2.36. The van der Waals surface area contributed by atoms with Gasteiger partial charge < -0.3 is 20.1 Å². The normalized spacial score (nSPS) is 52.1. The van der Waals surface area contributed by atoms with Gasteiger partial charge in [0.1, 0.15) is 18.3 Å². The van der Waals surface area contributed by atoms with Gasteiger partial charge in [0, 0.05) is 0 Å². The van der Waals surface area contributed by atoms with Gasteiger partial charge in [-0.05, 0) is 25.2 Å². The van der Waals surface area contributed by atoms with Crippen molar-refractivity contribution in [3.8, 4) is 0 Å². The Morgan fingerprint density at radius 2 is 1.56 bits per heavy atom. The molecule has 1 heterocycles. The van der Waals surface area contributed by atoms with Crippen LogP contribution in [0.4, 0.5) is 0 Å². The van der Waals surface area contributed by atoms with Crippen molar-refractivity contribution < 1.29 is 29.6 Å². The third-order valence-corrected chi connectivity index (χ3v) is 4.36. The Labute approximate surface area is 104 Å². The standard InChI is InChI=1S/C12H16O6/c13-8-7(4-1-2-5-6(3-4)18-5)9(14)11(16)12(17)10(8)15/h4-7,10-12,15-17H,1-3H2/t4?,5?,6?,7?,10-,11+,12+. The predicted octanol–water partition coefficient (Wildman–Crippen LogP) is -1.60. The summed E-state index contributed by atoms with van der Waals surface area (Å²) in [7, 11) is 0. The maximum absolute atomic E-state index is 11.9. The van der Waals surface area contributed by atoms with Crippen LogP contribution in [0.2, 0.25) is 0 Å². The Hall–Kier alpha value is -0.820. The highest BCUT2D eigenvalue weighted by Gasteiger charge is 2.54. The molecule has 1 aliphatic heterocycles. The molecule has 0 radical (unpaired) electrons. The van der Waals surface area contributed by atoms with E-state index < -0.39 is 35.8 Å². The zero-order valence-corrected chi connectivity index (χ0v) is 9.73. The van der Waals surface area contributed by atoms with Crippen LogP contribution in [0.1, 0.15) is 19.3 Å². The highest BCUT2D eigenvalue weighted by atomic mass is 16.6. The van der Waals surface area contributed by atoms with Gasteiger partial charge >= 0.3 is 0 Å². The van der Waals surface area contributed by atoms with Gasteiger partial charge in [-0.15, -0.1) is 0 Å². The average molecular weight is 256 g/mol. The van der Waals surface area contributed by atoms with E-state index in [1.165, 1.54) is 0 Å². The molecule has 6 heteroatoms. The molecule has 2 aliphatic carbocycles. The lowest BCUT2D eigenvalue weighted by atomic mass is 9.69. The van der Waals surface area contributed by atoms with Crippen LogP contribution in [0.5, 0.6) is 0 Å². The lowest BCUT2D eigenvalue weighted by Crippen LogP contribution is -2.58. The summed E-state index contributed by atoms with van der Waals surface area (Å²) in [4.78, 5) is 23.9.